The zero-order chi connectivity index (χ0) is 15.2. The summed E-state index contributed by atoms with van der Waals surface area (Å²) in [5.74, 6) is 1.27. The molecule has 1 heterocycles. The number of nitrogens with zero attached hydrogens (tertiary/aromatic N) is 3. The minimum atomic E-state index is -0.323. The second kappa shape index (κ2) is 7.47. The largest absolute Gasteiger partial charge is 0.370 e. The van der Waals surface area contributed by atoms with Crippen molar-refractivity contribution in [1.82, 2.24) is 14.8 Å². The molecule has 5 nitrogen and oxygen atoms in total. The van der Waals surface area contributed by atoms with Crippen molar-refractivity contribution in [3.63, 3.8) is 0 Å². The molecular weight excluding hydrogens is 308 g/mol. The smallest absolute Gasteiger partial charge is 0.217 e. The fourth-order valence-corrected chi connectivity index (χ4v) is 2.99. The van der Waals surface area contributed by atoms with Gasteiger partial charge in [-0.15, -0.1) is 10.2 Å². The van der Waals surface area contributed by atoms with Crippen LogP contribution in [0.15, 0.2) is 29.4 Å². The summed E-state index contributed by atoms with van der Waals surface area (Å²) in [7, 11) is 0. The summed E-state index contributed by atoms with van der Waals surface area (Å²) in [6.45, 7) is 2.80. The van der Waals surface area contributed by atoms with Crippen molar-refractivity contribution < 1.29 is 4.79 Å². The number of nitrogens with two attached hydrogens (primary N) is 1. The summed E-state index contributed by atoms with van der Waals surface area (Å²) < 4.78 is 2.02. The fourth-order valence-electron chi connectivity index (χ4n) is 1.89. The molecule has 0 fully saturated rings. The third-order valence-corrected chi connectivity index (χ3v) is 4.28. The number of aromatic nitrogens is 3. The van der Waals surface area contributed by atoms with Crippen LogP contribution in [0.4, 0.5) is 0 Å². The summed E-state index contributed by atoms with van der Waals surface area (Å²) in [5, 5.41) is 9.93. The molecule has 21 heavy (non-hydrogen) atoms. The molecule has 2 rings (SSSR count). The van der Waals surface area contributed by atoms with Crippen LogP contribution in [0.5, 0.6) is 0 Å². The number of thioether (sulfide) groups is 1. The predicted octanol–water partition coefficient (Wildman–Crippen LogP) is 2.66. The van der Waals surface area contributed by atoms with E-state index in [2.05, 4.69) is 10.2 Å². The molecule has 1 amide bonds. The van der Waals surface area contributed by atoms with Gasteiger partial charge in [0.15, 0.2) is 5.16 Å². The SMILES string of the molecule is CCn1c(CCC(N)=O)nnc1SCc1ccc(Cl)cc1. The molecule has 0 atom stereocenters. The van der Waals surface area contributed by atoms with Gasteiger partial charge in [-0.2, -0.15) is 0 Å². The maximum atomic E-state index is 10.9. The van der Waals surface area contributed by atoms with E-state index < -0.39 is 0 Å². The Kier molecular flexibility index (Phi) is 5.64. The molecule has 0 radical (unpaired) electrons. The molecule has 0 aliphatic carbocycles. The van der Waals surface area contributed by atoms with E-state index >= 15 is 0 Å². The number of rotatable bonds is 7. The minimum Gasteiger partial charge on any atom is -0.370 e. The summed E-state index contributed by atoms with van der Waals surface area (Å²) in [6.07, 6.45) is 0.817. The van der Waals surface area contributed by atoms with Crippen LogP contribution in [-0.4, -0.2) is 20.7 Å². The summed E-state index contributed by atoms with van der Waals surface area (Å²) in [5.41, 5.74) is 6.35. The molecular formula is C14H17ClN4OS. The fraction of sp³-hybridized carbons (Fsp3) is 0.357. The number of carbonyl (C=O) groups is 1. The zero-order valence-corrected chi connectivity index (χ0v) is 13.3. The second-order valence-electron chi connectivity index (χ2n) is 4.52. The van der Waals surface area contributed by atoms with Gasteiger partial charge in [0.2, 0.25) is 5.91 Å². The lowest BCUT2D eigenvalue weighted by molar-refractivity contribution is -0.118. The first-order valence-corrected chi connectivity index (χ1v) is 8.04. The maximum Gasteiger partial charge on any atom is 0.217 e. The highest BCUT2D eigenvalue weighted by Gasteiger charge is 2.12. The molecule has 0 aliphatic heterocycles. The molecule has 112 valence electrons. The normalized spacial score (nSPS) is 10.8. The standard InChI is InChI=1S/C14H17ClN4OS/c1-2-19-13(8-7-12(16)20)17-18-14(19)21-9-10-3-5-11(15)6-4-10/h3-6H,2,7-9H2,1H3,(H2,16,20). The van der Waals surface area contributed by atoms with Crippen LogP contribution in [0.25, 0.3) is 0 Å². The van der Waals surface area contributed by atoms with E-state index in [0.29, 0.717) is 12.8 Å². The quantitative estimate of drug-likeness (QED) is 0.795. The molecule has 0 saturated carbocycles. The van der Waals surface area contributed by atoms with Gasteiger partial charge in [0.25, 0.3) is 0 Å². The van der Waals surface area contributed by atoms with Gasteiger partial charge in [-0.1, -0.05) is 35.5 Å². The number of benzene rings is 1. The molecule has 0 aliphatic rings. The highest BCUT2D eigenvalue weighted by Crippen LogP contribution is 2.23. The van der Waals surface area contributed by atoms with Crippen LogP contribution in [0.3, 0.4) is 0 Å². The number of amides is 1. The monoisotopic (exact) mass is 324 g/mol. The van der Waals surface area contributed by atoms with Gasteiger partial charge in [-0.25, -0.2) is 0 Å². The Morgan fingerprint density at radius 3 is 2.67 bits per heavy atom. The molecule has 0 unspecified atom stereocenters. The summed E-state index contributed by atoms with van der Waals surface area (Å²) in [6, 6.07) is 7.74. The average molecular weight is 325 g/mol. The van der Waals surface area contributed by atoms with Gasteiger partial charge < -0.3 is 10.3 Å². The van der Waals surface area contributed by atoms with E-state index in [1.165, 1.54) is 5.56 Å². The number of hydrogen-bond acceptors (Lipinski definition) is 4. The molecule has 0 spiro atoms. The molecule has 7 heteroatoms. The highest BCUT2D eigenvalue weighted by atomic mass is 35.5. The number of carbonyl (C=O) groups excluding carboxylic acids is 1. The first kappa shape index (κ1) is 15.9. The zero-order valence-electron chi connectivity index (χ0n) is 11.8. The lowest BCUT2D eigenvalue weighted by atomic mass is 10.2. The van der Waals surface area contributed by atoms with Crippen LogP contribution < -0.4 is 5.73 Å². The highest BCUT2D eigenvalue weighted by molar-refractivity contribution is 7.98. The number of aryl methyl sites for hydroxylation is 1. The van der Waals surface area contributed by atoms with E-state index in [9.17, 15) is 4.79 Å². The molecule has 1 aromatic carbocycles. The number of primary amides is 1. The van der Waals surface area contributed by atoms with Crippen LogP contribution in [-0.2, 0) is 23.5 Å². The van der Waals surface area contributed by atoms with Crippen molar-refractivity contribution in [3.8, 4) is 0 Å². The Bertz CT molecular complexity index is 612. The minimum absolute atomic E-state index is 0.292. The Morgan fingerprint density at radius 2 is 2.05 bits per heavy atom. The van der Waals surface area contributed by atoms with Crippen molar-refractivity contribution in [3.05, 3.63) is 40.7 Å². The Balaban J connectivity index is 2.02. The van der Waals surface area contributed by atoms with Crippen LogP contribution in [0, 0.1) is 0 Å². The van der Waals surface area contributed by atoms with Gasteiger partial charge in [0, 0.05) is 30.2 Å². The third kappa shape index (κ3) is 4.47. The van der Waals surface area contributed by atoms with Crippen LogP contribution >= 0.6 is 23.4 Å². The number of hydrogen-bond donors (Lipinski definition) is 1. The van der Waals surface area contributed by atoms with Crippen LogP contribution in [0.2, 0.25) is 5.02 Å². The molecule has 0 bridgehead atoms. The predicted molar refractivity (Wildman–Crippen MR) is 84.2 cm³/mol. The van der Waals surface area contributed by atoms with Gasteiger partial charge in [-0.05, 0) is 24.6 Å². The van der Waals surface area contributed by atoms with E-state index in [0.717, 1.165) is 28.3 Å². The van der Waals surface area contributed by atoms with E-state index in [1.54, 1.807) is 11.8 Å². The van der Waals surface area contributed by atoms with Crippen molar-refractivity contribution in [2.24, 2.45) is 5.73 Å². The summed E-state index contributed by atoms with van der Waals surface area (Å²) in [4.78, 5) is 10.9. The second-order valence-corrected chi connectivity index (χ2v) is 5.90. The van der Waals surface area contributed by atoms with E-state index in [-0.39, 0.29) is 5.91 Å². The number of halogens is 1. The lowest BCUT2D eigenvalue weighted by Gasteiger charge is -2.06. The van der Waals surface area contributed by atoms with Crippen molar-refractivity contribution in [2.45, 2.75) is 37.2 Å². The molecule has 0 saturated heterocycles. The van der Waals surface area contributed by atoms with Gasteiger partial charge in [-0.3, -0.25) is 4.79 Å². The first-order valence-electron chi connectivity index (χ1n) is 6.67. The lowest BCUT2D eigenvalue weighted by Crippen LogP contribution is -2.13. The molecule has 2 aromatic rings. The third-order valence-electron chi connectivity index (χ3n) is 2.99. The van der Waals surface area contributed by atoms with Crippen molar-refractivity contribution in [2.75, 3.05) is 0 Å². The Hall–Kier alpha value is -1.53. The van der Waals surface area contributed by atoms with Crippen molar-refractivity contribution in [1.29, 1.82) is 0 Å². The average Bonchev–Trinajstić information content (AvgIpc) is 2.86. The van der Waals surface area contributed by atoms with E-state index in [4.69, 9.17) is 17.3 Å². The van der Waals surface area contributed by atoms with Crippen molar-refractivity contribution >= 4 is 29.3 Å². The summed E-state index contributed by atoms with van der Waals surface area (Å²) >= 11 is 7.48. The van der Waals surface area contributed by atoms with E-state index in [1.807, 2.05) is 35.8 Å². The Morgan fingerprint density at radius 1 is 1.33 bits per heavy atom. The Labute approximate surface area is 132 Å². The maximum absolute atomic E-state index is 10.9. The van der Waals surface area contributed by atoms with Crippen LogP contribution in [0.1, 0.15) is 24.7 Å². The molecule has 2 N–H and O–H groups in total. The topological polar surface area (TPSA) is 73.8 Å². The first-order chi connectivity index (χ1) is 10.1. The van der Waals surface area contributed by atoms with Gasteiger partial charge >= 0.3 is 0 Å². The molecule has 1 aromatic heterocycles. The van der Waals surface area contributed by atoms with Gasteiger partial charge in [0.1, 0.15) is 5.82 Å². The van der Waals surface area contributed by atoms with Gasteiger partial charge in [0.05, 0.1) is 0 Å².